The first-order valence-corrected chi connectivity index (χ1v) is 10.9. The Hall–Kier alpha value is -3.21. The van der Waals surface area contributed by atoms with Crippen LogP contribution in [0.2, 0.25) is 0 Å². The minimum absolute atomic E-state index is 0.129. The first-order valence-electron chi connectivity index (χ1n) is 9.06. The lowest BCUT2D eigenvalue weighted by Crippen LogP contribution is -2.40. The lowest BCUT2D eigenvalue weighted by atomic mass is 9.97. The Labute approximate surface area is 174 Å². The second kappa shape index (κ2) is 7.56. The number of benzene rings is 1. The molecular weight excluding hydrogens is 410 g/mol. The van der Waals surface area contributed by atoms with E-state index >= 15 is 0 Å². The summed E-state index contributed by atoms with van der Waals surface area (Å²) in [5.41, 5.74) is 1.05. The summed E-state index contributed by atoms with van der Waals surface area (Å²) >= 11 is 0. The minimum atomic E-state index is -3.63. The van der Waals surface area contributed by atoms with Gasteiger partial charge in [-0.05, 0) is 38.5 Å². The van der Waals surface area contributed by atoms with Crippen molar-refractivity contribution in [3.63, 3.8) is 0 Å². The quantitative estimate of drug-likeness (QED) is 0.712. The number of hydrogen-bond acceptors (Lipinski definition) is 7. The molecule has 0 spiro atoms. The SMILES string of the molecule is CN1C(=O)Nc2nc(S(C)(=O)=O)ncc2C1c1cccc(NC(=O)OC(C)(C)C)c1. The van der Waals surface area contributed by atoms with Crippen molar-refractivity contribution < 1.29 is 22.7 Å². The van der Waals surface area contributed by atoms with Crippen LogP contribution in [0.25, 0.3) is 0 Å². The molecule has 1 aliphatic rings. The van der Waals surface area contributed by atoms with Crippen LogP contribution in [0.4, 0.5) is 21.1 Å². The van der Waals surface area contributed by atoms with Gasteiger partial charge < -0.3 is 9.64 Å². The number of nitrogens with one attached hydrogen (secondary N) is 2. The molecule has 1 atom stereocenters. The van der Waals surface area contributed by atoms with Crippen LogP contribution in [0.15, 0.2) is 35.6 Å². The van der Waals surface area contributed by atoms with E-state index in [1.54, 1.807) is 52.1 Å². The zero-order valence-electron chi connectivity index (χ0n) is 17.3. The maximum absolute atomic E-state index is 12.4. The largest absolute Gasteiger partial charge is 0.444 e. The Bertz CT molecular complexity index is 1110. The third kappa shape index (κ3) is 4.67. The second-order valence-corrected chi connectivity index (χ2v) is 9.83. The summed E-state index contributed by atoms with van der Waals surface area (Å²) in [6, 6.07) is 5.89. The molecule has 1 aromatic heterocycles. The zero-order valence-corrected chi connectivity index (χ0v) is 18.1. The highest BCUT2D eigenvalue weighted by atomic mass is 32.2. The van der Waals surface area contributed by atoms with Gasteiger partial charge in [0.25, 0.3) is 0 Å². The van der Waals surface area contributed by atoms with Crippen LogP contribution in [0.1, 0.15) is 37.9 Å². The van der Waals surface area contributed by atoms with Crippen molar-refractivity contribution >= 4 is 33.5 Å². The molecule has 0 fully saturated rings. The summed E-state index contributed by atoms with van der Waals surface area (Å²) < 4.78 is 28.8. The van der Waals surface area contributed by atoms with Crippen molar-refractivity contribution in [2.24, 2.45) is 0 Å². The van der Waals surface area contributed by atoms with Gasteiger partial charge in [-0.2, -0.15) is 0 Å². The molecule has 3 amide bonds. The third-order valence-electron chi connectivity index (χ3n) is 4.20. The van der Waals surface area contributed by atoms with Crippen molar-refractivity contribution in [3.8, 4) is 0 Å². The monoisotopic (exact) mass is 433 g/mol. The molecule has 0 saturated carbocycles. The number of carbonyl (C=O) groups is 2. The van der Waals surface area contributed by atoms with Crippen LogP contribution < -0.4 is 10.6 Å². The van der Waals surface area contributed by atoms with Crippen LogP contribution in [-0.4, -0.2) is 54.3 Å². The van der Waals surface area contributed by atoms with E-state index in [1.165, 1.54) is 11.1 Å². The molecule has 2 aromatic rings. The van der Waals surface area contributed by atoms with Gasteiger partial charge in [0.05, 0.1) is 6.04 Å². The number of amides is 3. The lowest BCUT2D eigenvalue weighted by Gasteiger charge is -2.34. The molecule has 3 rings (SSSR count). The average Bonchev–Trinajstić information content (AvgIpc) is 2.60. The van der Waals surface area contributed by atoms with Gasteiger partial charge in [-0.1, -0.05) is 12.1 Å². The van der Waals surface area contributed by atoms with E-state index in [2.05, 4.69) is 20.6 Å². The van der Waals surface area contributed by atoms with Gasteiger partial charge in [0, 0.05) is 30.8 Å². The number of nitrogens with zero attached hydrogens (tertiary/aromatic N) is 3. The molecule has 1 aliphatic heterocycles. The summed E-state index contributed by atoms with van der Waals surface area (Å²) in [4.78, 5) is 33.9. The molecule has 10 nitrogen and oxygen atoms in total. The third-order valence-corrected chi connectivity index (χ3v) is 5.06. The number of fused-ring (bicyclic) bond motifs is 1. The topological polar surface area (TPSA) is 131 Å². The molecule has 160 valence electrons. The Kier molecular flexibility index (Phi) is 5.42. The number of rotatable bonds is 3. The Morgan fingerprint density at radius 2 is 2.00 bits per heavy atom. The number of sulfone groups is 1. The Morgan fingerprint density at radius 1 is 1.30 bits per heavy atom. The van der Waals surface area contributed by atoms with E-state index in [0.717, 1.165) is 6.26 Å². The molecule has 0 bridgehead atoms. The molecule has 0 aliphatic carbocycles. The van der Waals surface area contributed by atoms with Crippen molar-refractivity contribution in [2.45, 2.75) is 37.6 Å². The van der Waals surface area contributed by atoms with E-state index in [4.69, 9.17) is 4.74 Å². The molecule has 30 heavy (non-hydrogen) atoms. The van der Waals surface area contributed by atoms with Crippen LogP contribution in [0.3, 0.4) is 0 Å². The highest BCUT2D eigenvalue weighted by molar-refractivity contribution is 7.90. The number of hydrogen-bond donors (Lipinski definition) is 2. The fraction of sp³-hybridized carbons (Fsp3) is 0.368. The molecule has 2 N–H and O–H groups in total. The van der Waals surface area contributed by atoms with Crippen LogP contribution in [0, 0.1) is 0 Å². The van der Waals surface area contributed by atoms with Gasteiger partial charge in [0.2, 0.25) is 15.0 Å². The van der Waals surface area contributed by atoms with Crippen LogP contribution in [-0.2, 0) is 14.6 Å². The van der Waals surface area contributed by atoms with Gasteiger partial charge in [-0.15, -0.1) is 0 Å². The molecule has 1 unspecified atom stereocenters. The maximum atomic E-state index is 12.4. The van der Waals surface area contributed by atoms with Crippen molar-refractivity contribution in [1.29, 1.82) is 0 Å². The number of urea groups is 1. The highest BCUT2D eigenvalue weighted by Crippen LogP contribution is 2.36. The second-order valence-electron chi connectivity index (χ2n) is 7.92. The average molecular weight is 433 g/mol. The fourth-order valence-corrected chi connectivity index (χ4v) is 3.48. The number of carbonyl (C=O) groups excluding carboxylic acids is 2. The molecule has 1 aromatic carbocycles. The summed E-state index contributed by atoms with van der Waals surface area (Å²) in [5.74, 6) is 0.129. The summed E-state index contributed by atoms with van der Waals surface area (Å²) in [6.45, 7) is 5.29. The van der Waals surface area contributed by atoms with E-state index in [0.29, 0.717) is 16.8 Å². The predicted octanol–water partition coefficient (Wildman–Crippen LogP) is 2.79. The van der Waals surface area contributed by atoms with Crippen molar-refractivity contribution in [3.05, 3.63) is 41.6 Å². The maximum Gasteiger partial charge on any atom is 0.412 e. The molecule has 2 heterocycles. The first kappa shape index (κ1) is 21.5. The lowest BCUT2D eigenvalue weighted by molar-refractivity contribution is 0.0636. The van der Waals surface area contributed by atoms with E-state index in [1.807, 2.05) is 0 Å². The standard InChI is InChI=1S/C19H23N5O5S/c1-19(2,3)29-18(26)21-12-8-6-7-11(9-12)14-13-10-20-16(30(5,27)28)22-15(13)23-17(25)24(14)4/h6-10,14H,1-5H3,(H,21,26)(H,20,22,23,25). The van der Waals surface area contributed by atoms with E-state index in [-0.39, 0.29) is 11.0 Å². The van der Waals surface area contributed by atoms with E-state index < -0.39 is 33.6 Å². The van der Waals surface area contributed by atoms with Crippen molar-refractivity contribution in [2.75, 3.05) is 23.9 Å². The first-order chi connectivity index (χ1) is 13.8. The van der Waals surface area contributed by atoms with Crippen molar-refractivity contribution in [1.82, 2.24) is 14.9 Å². The van der Waals surface area contributed by atoms with Gasteiger partial charge >= 0.3 is 12.1 Å². The van der Waals surface area contributed by atoms with Gasteiger partial charge in [-0.25, -0.2) is 28.0 Å². The fourth-order valence-electron chi connectivity index (χ4n) is 2.98. The molecular formula is C19H23N5O5S. The molecule has 0 radical (unpaired) electrons. The Balaban J connectivity index is 1.98. The number of anilines is 2. The van der Waals surface area contributed by atoms with E-state index in [9.17, 15) is 18.0 Å². The summed E-state index contributed by atoms with van der Waals surface area (Å²) in [6.07, 6.45) is 1.78. The minimum Gasteiger partial charge on any atom is -0.444 e. The number of aromatic nitrogens is 2. The van der Waals surface area contributed by atoms with Gasteiger partial charge in [-0.3, -0.25) is 10.6 Å². The summed E-state index contributed by atoms with van der Waals surface area (Å²) in [5, 5.41) is 4.87. The smallest absolute Gasteiger partial charge is 0.412 e. The zero-order chi connectivity index (χ0) is 22.3. The van der Waals surface area contributed by atoms with Gasteiger partial charge in [0.15, 0.2) is 0 Å². The number of ether oxygens (including phenoxy) is 1. The van der Waals surface area contributed by atoms with Gasteiger partial charge in [0.1, 0.15) is 11.4 Å². The normalized spacial score (nSPS) is 16.5. The summed E-state index contributed by atoms with van der Waals surface area (Å²) in [7, 11) is -2.03. The predicted molar refractivity (Wildman–Crippen MR) is 110 cm³/mol. The highest BCUT2D eigenvalue weighted by Gasteiger charge is 2.33. The molecule has 11 heteroatoms. The van der Waals surface area contributed by atoms with Crippen LogP contribution >= 0.6 is 0 Å². The Morgan fingerprint density at radius 3 is 2.63 bits per heavy atom. The molecule has 0 saturated heterocycles. The van der Waals surface area contributed by atoms with Crippen LogP contribution in [0.5, 0.6) is 0 Å².